The fourth-order valence-electron chi connectivity index (χ4n) is 5.39. The molecule has 1 saturated heterocycles. The molecule has 3 aromatic carbocycles. The van der Waals surface area contributed by atoms with E-state index in [0.29, 0.717) is 12.2 Å². The number of benzene rings is 3. The van der Waals surface area contributed by atoms with Crippen LogP contribution < -0.4 is 10.6 Å². The maximum Gasteiger partial charge on any atom is 0.249 e. The van der Waals surface area contributed by atoms with Crippen molar-refractivity contribution in [1.29, 1.82) is 0 Å². The zero-order valence-electron chi connectivity index (χ0n) is 25.4. The lowest BCUT2D eigenvalue weighted by Gasteiger charge is -2.34. The molecule has 0 radical (unpaired) electrons. The number of carbonyl (C=O) groups excluding carboxylic acids is 3. The molecule has 0 spiro atoms. The van der Waals surface area contributed by atoms with Gasteiger partial charge in [-0.05, 0) is 53.8 Å². The van der Waals surface area contributed by atoms with E-state index in [-0.39, 0.29) is 31.4 Å². The first-order valence-corrected chi connectivity index (χ1v) is 14.8. The lowest BCUT2D eigenvalue weighted by molar-refractivity contribution is -0.149. The Morgan fingerprint density at radius 3 is 2.18 bits per heavy atom. The third-order valence-corrected chi connectivity index (χ3v) is 8.12. The van der Waals surface area contributed by atoms with Crippen LogP contribution in [0.25, 0.3) is 11.1 Å². The summed E-state index contributed by atoms with van der Waals surface area (Å²) in [6.07, 6.45) is 2.18. The van der Waals surface area contributed by atoms with Crippen LogP contribution in [0.2, 0.25) is 0 Å². The summed E-state index contributed by atoms with van der Waals surface area (Å²) in [5.41, 5.74) is 3.24. The van der Waals surface area contributed by atoms with Crippen molar-refractivity contribution in [2.45, 2.75) is 43.8 Å². The molecule has 8 nitrogen and oxygen atoms in total. The molecule has 0 aromatic heterocycles. The molecule has 10 heteroatoms. The van der Waals surface area contributed by atoms with E-state index in [1.54, 1.807) is 7.05 Å². The Balaban J connectivity index is 1.56. The number of hydrogen-bond acceptors (Lipinski definition) is 5. The van der Waals surface area contributed by atoms with Crippen molar-refractivity contribution in [2.24, 2.45) is 0 Å². The first-order chi connectivity index (χ1) is 21.2. The largest absolute Gasteiger partial charge is 0.370 e. The van der Waals surface area contributed by atoms with Gasteiger partial charge in [-0.15, -0.1) is 0 Å². The molecule has 1 fully saturated rings. The monoisotopic (exact) mass is 606 g/mol. The first-order valence-electron chi connectivity index (χ1n) is 14.8. The minimum atomic E-state index is -1.04. The number of hydrogen-bond donors (Lipinski definition) is 2. The normalized spacial score (nSPS) is 15.8. The predicted octanol–water partition coefficient (Wildman–Crippen LogP) is 3.59. The van der Waals surface area contributed by atoms with Gasteiger partial charge in [-0.2, -0.15) is 0 Å². The van der Waals surface area contributed by atoms with Crippen LogP contribution in [0.3, 0.4) is 0 Å². The molecule has 1 aliphatic heterocycles. The summed E-state index contributed by atoms with van der Waals surface area (Å²) < 4.78 is 33.2. The first kappa shape index (κ1) is 32.8. The molecule has 3 aromatic rings. The Hall–Kier alpha value is -4.15. The molecule has 2 N–H and O–H groups in total. The molecule has 1 aliphatic rings. The Morgan fingerprint density at radius 2 is 1.55 bits per heavy atom. The summed E-state index contributed by atoms with van der Waals surface area (Å²) in [5.74, 6) is -3.35. The van der Waals surface area contributed by atoms with Gasteiger partial charge < -0.3 is 25.2 Å². The smallest absolute Gasteiger partial charge is 0.249 e. The van der Waals surface area contributed by atoms with Gasteiger partial charge in [0.2, 0.25) is 17.7 Å². The summed E-state index contributed by atoms with van der Waals surface area (Å²) >= 11 is 0. The summed E-state index contributed by atoms with van der Waals surface area (Å²) in [6, 6.07) is 19.2. The number of carbonyl (C=O) groups is 3. The maximum atomic E-state index is 14.1. The molecule has 1 heterocycles. The van der Waals surface area contributed by atoms with Gasteiger partial charge in [0.1, 0.15) is 18.7 Å². The van der Waals surface area contributed by atoms with E-state index in [2.05, 4.69) is 10.6 Å². The van der Waals surface area contributed by atoms with Gasteiger partial charge in [0.15, 0.2) is 11.6 Å². The fourth-order valence-corrected chi connectivity index (χ4v) is 5.39. The summed E-state index contributed by atoms with van der Waals surface area (Å²) in [4.78, 5) is 43.0. The molecular weight excluding hydrogens is 566 g/mol. The van der Waals surface area contributed by atoms with Crippen LogP contribution in [0, 0.1) is 11.6 Å². The highest BCUT2D eigenvalue weighted by Gasteiger charge is 2.35. The fraction of sp³-hybridized carbons (Fsp3) is 0.382. The zero-order chi connectivity index (χ0) is 31.6. The van der Waals surface area contributed by atoms with Gasteiger partial charge in [-0.1, -0.05) is 60.7 Å². The lowest BCUT2D eigenvalue weighted by Crippen LogP contribution is -2.56. The van der Waals surface area contributed by atoms with E-state index in [1.165, 1.54) is 30.0 Å². The number of ether oxygens (including phenoxy) is 1. The molecule has 3 amide bonds. The Bertz CT molecular complexity index is 1410. The summed E-state index contributed by atoms with van der Waals surface area (Å²) in [6.45, 7) is 1.12. The summed E-state index contributed by atoms with van der Waals surface area (Å²) in [7, 11) is 4.48. The number of nitrogens with zero attached hydrogens (tertiary/aromatic N) is 2. The SMILES string of the molecule is CNC(=O)[C@@H](Cc1ccc(F)c(F)c1)N(C)C(=O)[C@@H](Cc1ccc(-c2ccccc2)cc1)N(C)C(=O)COC[C@@H]1CCCN1. The molecule has 3 atom stereocenters. The van der Waals surface area contributed by atoms with E-state index in [0.717, 1.165) is 48.2 Å². The topological polar surface area (TPSA) is 91.0 Å². The van der Waals surface area contributed by atoms with Gasteiger partial charge in [-0.3, -0.25) is 14.4 Å². The van der Waals surface area contributed by atoms with Crippen molar-refractivity contribution in [2.75, 3.05) is 40.9 Å². The third kappa shape index (κ3) is 8.48. The van der Waals surface area contributed by atoms with Crippen molar-refractivity contribution < 1.29 is 27.9 Å². The zero-order valence-corrected chi connectivity index (χ0v) is 25.4. The van der Waals surface area contributed by atoms with Gasteiger partial charge in [0.25, 0.3) is 0 Å². The quantitative estimate of drug-likeness (QED) is 0.311. The standard InChI is InChI=1S/C34H40F2N4O4/c1-37-33(42)30(20-24-13-16-28(35)29(36)18-24)40(3)34(43)31(39(2)32(41)22-44-21-27-10-7-17-38-27)19-23-11-14-26(15-12-23)25-8-5-4-6-9-25/h4-6,8-9,11-16,18,27,30-31,38H,7,10,17,19-22H2,1-3H3,(H,37,42)/t27-,30+,31+/m0/s1. The molecule has 4 rings (SSSR count). The number of rotatable bonds is 13. The van der Waals surface area contributed by atoms with Gasteiger partial charge >= 0.3 is 0 Å². The highest BCUT2D eigenvalue weighted by molar-refractivity contribution is 5.92. The van der Waals surface area contributed by atoms with Crippen LogP contribution in [0.15, 0.2) is 72.8 Å². The lowest BCUT2D eigenvalue weighted by atomic mass is 9.98. The third-order valence-electron chi connectivity index (χ3n) is 8.12. The van der Waals surface area contributed by atoms with Crippen LogP contribution in [0.4, 0.5) is 8.78 Å². The van der Waals surface area contributed by atoms with E-state index < -0.39 is 35.5 Å². The van der Waals surface area contributed by atoms with Crippen molar-refractivity contribution in [3.05, 3.63) is 95.6 Å². The Labute approximate surface area is 257 Å². The van der Waals surface area contributed by atoms with E-state index >= 15 is 0 Å². The number of amides is 3. The van der Waals surface area contributed by atoms with Crippen LogP contribution in [-0.2, 0) is 32.0 Å². The second-order valence-corrected chi connectivity index (χ2v) is 11.1. The van der Waals surface area contributed by atoms with Crippen LogP contribution in [0.5, 0.6) is 0 Å². The van der Waals surface area contributed by atoms with Crippen LogP contribution in [0.1, 0.15) is 24.0 Å². The highest BCUT2D eigenvalue weighted by atomic mass is 19.2. The minimum Gasteiger partial charge on any atom is -0.370 e. The Kier molecular flexibility index (Phi) is 11.6. The summed E-state index contributed by atoms with van der Waals surface area (Å²) in [5, 5.41) is 5.88. The van der Waals surface area contributed by atoms with Crippen molar-refractivity contribution in [1.82, 2.24) is 20.4 Å². The number of halogens is 2. The van der Waals surface area contributed by atoms with Crippen LogP contribution >= 0.6 is 0 Å². The predicted molar refractivity (Wildman–Crippen MR) is 165 cm³/mol. The molecular formula is C34H40F2N4O4. The van der Waals surface area contributed by atoms with Gasteiger partial charge in [0, 0.05) is 40.0 Å². The second kappa shape index (κ2) is 15.5. The molecule has 0 saturated carbocycles. The molecule has 0 aliphatic carbocycles. The average Bonchev–Trinajstić information content (AvgIpc) is 3.57. The van der Waals surface area contributed by atoms with E-state index in [1.807, 2.05) is 54.6 Å². The van der Waals surface area contributed by atoms with E-state index in [9.17, 15) is 23.2 Å². The van der Waals surface area contributed by atoms with Crippen molar-refractivity contribution in [3.8, 4) is 11.1 Å². The van der Waals surface area contributed by atoms with Gasteiger partial charge in [0.05, 0.1) is 6.61 Å². The number of likely N-dealkylation sites (N-methyl/N-ethyl adjacent to an activating group) is 3. The second-order valence-electron chi connectivity index (χ2n) is 11.1. The van der Waals surface area contributed by atoms with Gasteiger partial charge in [-0.25, -0.2) is 8.78 Å². The van der Waals surface area contributed by atoms with Crippen LogP contribution in [-0.4, -0.2) is 86.5 Å². The molecule has 0 bridgehead atoms. The Morgan fingerprint density at radius 1 is 0.886 bits per heavy atom. The van der Waals surface area contributed by atoms with E-state index in [4.69, 9.17) is 4.74 Å². The van der Waals surface area contributed by atoms with Crippen molar-refractivity contribution >= 4 is 17.7 Å². The molecule has 0 unspecified atom stereocenters. The maximum absolute atomic E-state index is 14.1. The van der Waals surface area contributed by atoms with Crippen molar-refractivity contribution in [3.63, 3.8) is 0 Å². The number of nitrogens with one attached hydrogen (secondary N) is 2. The minimum absolute atomic E-state index is 0.0488. The highest BCUT2D eigenvalue weighted by Crippen LogP contribution is 2.22. The average molecular weight is 607 g/mol. The molecule has 234 valence electrons. The molecule has 44 heavy (non-hydrogen) atoms.